The molecule has 25 heavy (non-hydrogen) atoms. The van der Waals surface area contributed by atoms with Gasteiger partial charge in [-0.2, -0.15) is 5.10 Å². The SMILES string of the molecule is Cc1cc(C)c(OCC(=O)NN=Cc2cc(Br)cc(C)c2O)c(Br)c1. The Morgan fingerprint density at radius 2 is 1.92 bits per heavy atom. The summed E-state index contributed by atoms with van der Waals surface area (Å²) in [6.07, 6.45) is 1.39. The number of phenolic OH excluding ortho intramolecular Hbond substituents is 1. The number of carbonyl (C=O) groups excluding carboxylic acids is 1. The van der Waals surface area contributed by atoms with Gasteiger partial charge >= 0.3 is 0 Å². The Morgan fingerprint density at radius 1 is 1.20 bits per heavy atom. The van der Waals surface area contributed by atoms with Crippen molar-refractivity contribution >= 4 is 44.0 Å². The lowest BCUT2D eigenvalue weighted by atomic mass is 10.1. The molecule has 0 radical (unpaired) electrons. The summed E-state index contributed by atoms with van der Waals surface area (Å²) in [6, 6.07) is 7.41. The number of nitrogens with zero attached hydrogens (tertiary/aromatic N) is 1. The predicted octanol–water partition coefficient (Wildman–Crippen LogP) is 4.37. The van der Waals surface area contributed by atoms with Crippen LogP contribution in [0.3, 0.4) is 0 Å². The van der Waals surface area contributed by atoms with Crippen LogP contribution in [0.1, 0.15) is 22.3 Å². The number of rotatable bonds is 5. The Labute approximate surface area is 163 Å². The number of nitrogens with one attached hydrogen (secondary N) is 1. The summed E-state index contributed by atoms with van der Waals surface area (Å²) < 4.78 is 7.18. The molecule has 2 N–H and O–H groups in total. The first kappa shape index (κ1) is 19.5. The molecular weight excluding hydrogens is 452 g/mol. The van der Waals surface area contributed by atoms with Gasteiger partial charge in [0.1, 0.15) is 11.5 Å². The lowest BCUT2D eigenvalue weighted by Crippen LogP contribution is -2.24. The molecule has 7 heteroatoms. The van der Waals surface area contributed by atoms with Crippen LogP contribution in [0, 0.1) is 20.8 Å². The Morgan fingerprint density at radius 3 is 2.60 bits per heavy atom. The molecule has 132 valence electrons. The molecule has 0 saturated carbocycles. The Hall–Kier alpha value is -1.86. The molecule has 0 spiro atoms. The van der Waals surface area contributed by atoms with Crippen molar-refractivity contribution in [1.82, 2.24) is 5.43 Å². The van der Waals surface area contributed by atoms with Crippen LogP contribution in [0.4, 0.5) is 0 Å². The number of aromatic hydroxyl groups is 1. The van der Waals surface area contributed by atoms with Crippen molar-refractivity contribution < 1.29 is 14.6 Å². The number of carbonyl (C=O) groups is 1. The van der Waals surface area contributed by atoms with Crippen molar-refractivity contribution in [3.63, 3.8) is 0 Å². The van der Waals surface area contributed by atoms with E-state index in [2.05, 4.69) is 42.4 Å². The van der Waals surface area contributed by atoms with Gasteiger partial charge in [-0.1, -0.05) is 22.0 Å². The predicted molar refractivity (Wildman–Crippen MR) is 105 cm³/mol. The molecule has 0 aliphatic carbocycles. The van der Waals surface area contributed by atoms with Gasteiger partial charge in [-0.15, -0.1) is 0 Å². The molecule has 0 unspecified atom stereocenters. The molecule has 0 atom stereocenters. The van der Waals surface area contributed by atoms with E-state index in [4.69, 9.17) is 4.74 Å². The third-order valence-corrected chi connectivity index (χ3v) is 4.46. The van der Waals surface area contributed by atoms with Crippen molar-refractivity contribution in [1.29, 1.82) is 0 Å². The maximum absolute atomic E-state index is 11.9. The normalized spacial score (nSPS) is 10.9. The molecule has 2 aromatic carbocycles. The third kappa shape index (κ3) is 5.31. The van der Waals surface area contributed by atoms with Gasteiger partial charge in [0, 0.05) is 10.0 Å². The van der Waals surface area contributed by atoms with Crippen molar-refractivity contribution in [3.8, 4) is 11.5 Å². The lowest BCUT2D eigenvalue weighted by molar-refractivity contribution is -0.123. The molecule has 0 aromatic heterocycles. The molecule has 0 fully saturated rings. The topological polar surface area (TPSA) is 70.9 Å². The monoisotopic (exact) mass is 468 g/mol. The summed E-state index contributed by atoms with van der Waals surface area (Å²) in [7, 11) is 0. The standard InChI is InChI=1S/C18H18Br2N2O3/c1-10-4-12(3)18(15(20)5-10)25-9-16(23)22-21-8-13-7-14(19)6-11(2)17(13)24/h4-8,24H,9H2,1-3H3,(H,22,23). The van der Waals surface area contributed by atoms with Gasteiger partial charge in [0.2, 0.25) is 0 Å². The summed E-state index contributed by atoms with van der Waals surface area (Å²) in [5.74, 6) is 0.357. The second-order valence-corrected chi connectivity index (χ2v) is 7.41. The van der Waals surface area contributed by atoms with Crippen LogP contribution in [0.15, 0.2) is 38.3 Å². The van der Waals surface area contributed by atoms with Gasteiger partial charge in [0.05, 0.1) is 10.7 Å². The van der Waals surface area contributed by atoms with Crippen LogP contribution < -0.4 is 10.2 Å². The van der Waals surface area contributed by atoms with Crippen molar-refractivity contribution in [2.45, 2.75) is 20.8 Å². The zero-order valence-electron chi connectivity index (χ0n) is 14.1. The van der Waals surface area contributed by atoms with Crippen molar-refractivity contribution in [2.75, 3.05) is 6.61 Å². The van der Waals surface area contributed by atoms with Gasteiger partial charge < -0.3 is 9.84 Å². The molecule has 0 bridgehead atoms. The summed E-state index contributed by atoms with van der Waals surface area (Å²) in [6.45, 7) is 5.53. The highest BCUT2D eigenvalue weighted by Crippen LogP contribution is 2.30. The molecule has 1 amide bonds. The van der Waals surface area contributed by atoms with Gasteiger partial charge in [-0.05, 0) is 71.6 Å². The summed E-state index contributed by atoms with van der Waals surface area (Å²) >= 11 is 6.79. The summed E-state index contributed by atoms with van der Waals surface area (Å²) in [5.41, 5.74) is 5.65. The second-order valence-electron chi connectivity index (χ2n) is 5.64. The van der Waals surface area contributed by atoms with E-state index in [1.165, 1.54) is 6.21 Å². The number of phenols is 1. The van der Waals surface area contributed by atoms with Crippen LogP contribution in [0.5, 0.6) is 11.5 Å². The van der Waals surface area contributed by atoms with E-state index in [9.17, 15) is 9.90 Å². The zero-order valence-corrected chi connectivity index (χ0v) is 17.2. The van der Waals surface area contributed by atoms with Gasteiger partial charge in [0.25, 0.3) is 5.91 Å². The minimum atomic E-state index is -0.394. The first-order chi connectivity index (χ1) is 11.8. The highest BCUT2D eigenvalue weighted by atomic mass is 79.9. The van der Waals surface area contributed by atoms with Crippen LogP contribution in [-0.4, -0.2) is 23.8 Å². The van der Waals surface area contributed by atoms with E-state index in [1.54, 1.807) is 19.1 Å². The molecule has 0 aliphatic heterocycles. The molecular formula is C18H18Br2N2O3. The van der Waals surface area contributed by atoms with Crippen LogP contribution in [-0.2, 0) is 4.79 Å². The first-order valence-electron chi connectivity index (χ1n) is 7.48. The smallest absolute Gasteiger partial charge is 0.277 e. The first-order valence-corrected chi connectivity index (χ1v) is 9.07. The number of amides is 1. The van der Waals surface area contributed by atoms with Crippen molar-refractivity contribution in [2.24, 2.45) is 5.10 Å². The van der Waals surface area contributed by atoms with E-state index in [-0.39, 0.29) is 12.4 Å². The number of benzene rings is 2. The largest absolute Gasteiger partial charge is 0.507 e. The average molecular weight is 470 g/mol. The maximum atomic E-state index is 11.9. The van der Waals surface area contributed by atoms with Gasteiger partial charge in [-0.25, -0.2) is 5.43 Å². The number of hydrogen-bond donors (Lipinski definition) is 2. The number of hydrogen-bond acceptors (Lipinski definition) is 4. The highest BCUT2D eigenvalue weighted by molar-refractivity contribution is 9.10. The number of ether oxygens (including phenoxy) is 1. The quantitative estimate of drug-likeness (QED) is 0.504. The fraction of sp³-hybridized carbons (Fsp3) is 0.222. The van der Waals surface area contributed by atoms with Crippen molar-refractivity contribution in [3.05, 3.63) is 55.5 Å². The highest BCUT2D eigenvalue weighted by Gasteiger charge is 2.09. The van der Waals surface area contributed by atoms with E-state index in [0.717, 1.165) is 20.1 Å². The second kappa shape index (κ2) is 8.49. The van der Waals surface area contributed by atoms with E-state index in [1.807, 2.05) is 26.0 Å². The summed E-state index contributed by atoms with van der Waals surface area (Å²) in [5, 5.41) is 13.8. The van der Waals surface area contributed by atoms with Crippen LogP contribution in [0.2, 0.25) is 0 Å². The Balaban J connectivity index is 1.96. The fourth-order valence-electron chi connectivity index (χ4n) is 2.29. The molecule has 2 aromatic rings. The molecule has 0 heterocycles. The molecule has 0 saturated heterocycles. The number of hydrazone groups is 1. The third-order valence-electron chi connectivity index (χ3n) is 3.41. The minimum absolute atomic E-state index is 0.122. The average Bonchev–Trinajstić information content (AvgIpc) is 2.50. The van der Waals surface area contributed by atoms with Gasteiger partial charge in [-0.3, -0.25) is 4.79 Å². The zero-order chi connectivity index (χ0) is 18.6. The van der Waals surface area contributed by atoms with Gasteiger partial charge in [0.15, 0.2) is 6.61 Å². The van der Waals surface area contributed by atoms with E-state index >= 15 is 0 Å². The minimum Gasteiger partial charge on any atom is -0.507 e. The fourth-order valence-corrected chi connectivity index (χ4v) is 3.67. The Kier molecular flexibility index (Phi) is 6.61. The maximum Gasteiger partial charge on any atom is 0.277 e. The summed E-state index contributed by atoms with van der Waals surface area (Å²) in [4.78, 5) is 11.9. The Bertz CT molecular complexity index is 812. The van der Waals surface area contributed by atoms with E-state index < -0.39 is 5.91 Å². The molecule has 2 rings (SSSR count). The van der Waals surface area contributed by atoms with E-state index in [0.29, 0.717) is 16.9 Å². The van der Waals surface area contributed by atoms with Crippen LogP contribution >= 0.6 is 31.9 Å². The number of halogens is 2. The lowest BCUT2D eigenvalue weighted by Gasteiger charge is -2.11. The number of aryl methyl sites for hydroxylation is 3. The molecule has 5 nitrogen and oxygen atoms in total. The molecule has 0 aliphatic rings. The van der Waals surface area contributed by atoms with Crippen LogP contribution in [0.25, 0.3) is 0 Å².